The molecule has 0 aliphatic heterocycles. The van der Waals surface area contributed by atoms with Crippen molar-refractivity contribution in [2.24, 2.45) is 0 Å². The Morgan fingerprint density at radius 3 is 2.19 bits per heavy atom. The van der Waals surface area contributed by atoms with Gasteiger partial charge in [0.25, 0.3) is 0 Å². The highest BCUT2D eigenvalue weighted by molar-refractivity contribution is 7.53. The van der Waals surface area contributed by atoms with E-state index in [-0.39, 0.29) is 18.4 Å². The zero-order chi connectivity index (χ0) is 18.7. The molecule has 2 aromatic heterocycles. The molecule has 0 saturated carbocycles. The van der Waals surface area contributed by atoms with Crippen molar-refractivity contribution in [2.75, 3.05) is 0 Å². The highest BCUT2D eigenvalue weighted by atomic mass is 31.2. The minimum absolute atomic E-state index is 0.165. The molecular formula is C20H25N2O3P. The zero-order valence-electron chi connectivity index (χ0n) is 15.6. The fraction of sp³-hybridized carbons (Fsp3) is 0.350. The van der Waals surface area contributed by atoms with Gasteiger partial charge in [-0.25, -0.2) is 4.98 Å². The molecule has 3 aromatic rings. The number of rotatable bonds is 7. The lowest BCUT2D eigenvalue weighted by Crippen LogP contribution is -2.10. The van der Waals surface area contributed by atoms with Crippen LogP contribution in [0, 0.1) is 0 Å². The third-order valence-corrected chi connectivity index (χ3v) is 5.93. The van der Waals surface area contributed by atoms with Crippen molar-refractivity contribution in [1.82, 2.24) is 9.38 Å². The summed E-state index contributed by atoms with van der Waals surface area (Å²) in [5.74, 6) is 0. The van der Waals surface area contributed by atoms with Gasteiger partial charge in [-0.2, -0.15) is 0 Å². The second-order valence-corrected chi connectivity index (χ2v) is 8.74. The van der Waals surface area contributed by atoms with E-state index in [2.05, 4.69) is 0 Å². The number of hydrogen-bond acceptors (Lipinski definition) is 4. The molecule has 0 fully saturated rings. The Morgan fingerprint density at radius 2 is 1.58 bits per heavy atom. The molecule has 0 radical (unpaired) electrons. The Kier molecular flexibility index (Phi) is 5.61. The molecule has 0 aliphatic rings. The van der Waals surface area contributed by atoms with Crippen molar-refractivity contribution >= 4 is 13.2 Å². The maximum absolute atomic E-state index is 13.4. The number of hydrogen-bond donors (Lipinski definition) is 0. The summed E-state index contributed by atoms with van der Waals surface area (Å²) < 4.78 is 26.9. The van der Waals surface area contributed by atoms with Gasteiger partial charge in [0.1, 0.15) is 5.65 Å². The number of pyridine rings is 1. The van der Waals surface area contributed by atoms with Crippen LogP contribution >= 0.6 is 7.60 Å². The van der Waals surface area contributed by atoms with Gasteiger partial charge in [-0.1, -0.05) is 36.4 Å². The fourth-order valence-electron chi connectivity index (χ4n) is 2.95. The number of aromatic nitrogens is 2. The standard InChI is InChI=1S/C20H25N2O3P/c1-15(2)24-26(23,25-16(3)4)14-18-20(17-10-6-5-7-11-17)21-19-12-8-9-13-22(18)19/h5-13,15-16H,14H2,1-4H3. The second-order valence-electron chi connectivity index (χ2n) is 6.78. The first kappa shape index (κ1) is 18.8. The molecule has 138 valence electrons. The Hall–Kier alpha value is -1.94. The summed E-state index contributed by atoms with van der Waals surface area (Å²) in [5, 5.41) is 0. The molecule has 0 aliphatic carbocycles. The molecule has 6 heteroatoms. The van der Waals surface area contributed by atoms with Gasteiger partial charge < -0.3 is 13.4 Å². The van der Waals surface area contributed by atoms with Gasteiger partial charge in [0.05, 0.1) is 29.8 Å². The summed E-state index contributed by atoms with van der Waals surface area (Å²) in [6, 6.07) is 15.7. The third-order valence-electron chi connectivity index (χ3n) is 3.76. The van der Waals surface area contributed by atoms with Gasteiger partial charge in [0, 0.05) is 11.8 Å². The van der Waals surface area contributed by atoms with Gasteiger partial charge in [-0.15, -0.1) is 0 Å². The van der Waals surface area contributed by atoms with E-state index < -0.39 is 7.60 Å². The van der Waals surface area contributed by atoms with Crippen LogP contribution in [0.4, 0.5) is 0 Å². The summed E-state index contributed by atoms with van der Waals surface area (Å²) in [4.78, 5) is 4.76. The monoisotopic (exact) mass is 372 g/mol. The third kappa shape index (κ3) is 4.24. The van der Waals surface area contributed by atoms with E-state index in [1.165, 1.54) is 0 Å². The molecular weight excluding hydrogens is 347 g/mol. The molecule has 26 heavy (non-hydrogen) atoms. The first-order chi connectivity index (χ1) is 12.4. The van der Waals surface area contributed by atoms with Crippen LogP contribution in [0.5, 0.6) is 0 Å². The molecule has 0 bridgehead atoms. The van der Waals surface area contributed by atoms with Crippen LogP contribution in [0.2, 0.25) is 0 Å². The molecule has 0 unspecified atom stereocenters. The van der Waals surface area contributed by atoms with Crippen molar-refractivity contribution in [2.45, 2.75) is 46.1 Å². The predicted octanol–water partition coefficient (Wildman–Crippen LogP) is 5.54. The van der Waals surface area contributed by atoms with E-state index in [1.807, 2.05) is 86.8 Å². The lowest BCUT2D eigenvalue weighted by molar-refractivity contribution is 0.141. The molecule has 1 aromatic carbocycles. The highest BCUT2D eigenvalue weighted by Gasteiger charge is 2.31. The van der Waals surface area contributed by atoms with Crippen LogP contribution < -0.4 is 0 Å². The first-order valence-corrected chi connectivity index (χ1v) is 10.6. The second kappa shape index (κ2) is 7.75. The average molecular weight is 372 g/mol. The molecule has 0 N–H and O–H groups in total. The van der Waals surface area contributed by atoms with Gasteiger partial charge in [-0.05, 0) is 39.8 Å². The van der Waals surface area contributed by atoms with E-state index in [0.29, 0.717) is 0 Å². The summed E-state index contributed by atoms with van der Waals surface area (Å²) in [6.45, 7) is 7.46. The van der Waals surface area contributed by atoms with E-state index in [0.717, 1.165) is 22.6 Å². The summed E-state index contributed by atoms with van der Waals surface area (Å²) in [6.07, 6.45) is 1.70. The maximum atomic E-state index is 13.4. The number of benzene rings is 1. The van der Waals surface area contributed by atoms with Gasteiger partial charge in [-0.3, -0.25) is 4.57 Å². The Bertz CT molecular complexity index is 905. The first-order valence-electron chi connectivity index (χ1n) is 8.85. The number of imidazole rings is 1. The minimum atomic E-state index is -3.33. The van der Waals surface area contributed by atoms with Crippen LogP contribution in [0.25, 0.3) is 16.9 Å². The molecule has 0 amide bonds. The predicted molar refractivity (Wildman–Crippen MR) is 104 cm³/mol. The van der Waals surface area contributed by atoms with Crippen LogP contribution in [-0.2, 0) is 19.8 Å². The van der Waals surface area contributed by atoms with Crippen LogP contribution in [-0.4, -0.2) is 21.6 Å². The molecule has 3 rings (SSSR count). The fourth-order valence-corrected chi connectivity index (χ4v) is 5.10. The van der Waals surface area contributed by atoms with E-state index in [4.69, 9.17) is 14.0 Å². The van der Waals surface area contributed by atoms with Crippen LogP contribution in [0.1, 0.15) is 33.4 Å². The lowest BCUT2D eigenvalue weighted by Gasteiger charge is -2.23. The maximum Gasteiger partial charge on any atom is 0.337 e. The van der Waals surface area contributed by atoms with Crippen LogP contribution in [0.15, 0.2) is 54.7 Å². The summed E-state index contributed by atoms with van der Waals surface area (Å²) >= 11 is 0. The van der Waals surface area contributed by atoms with E-state index >= 15 is 0 Å². The molecule has 0 atom stereocenters. The van der Waals surface area contributed by atoms with Crippen molar-refractivity contribution in [3.8, 4) is 11.3 Å². The van der Waals surface area contributed by atoms with Crippen molar-refractivity contribution in [3.63, 3.8) is 0 Å². The molecule has 0 saturated heterocycles. The Morgan fingerprint density at radius 1 is 0.962 bits per heavy atom. The topological polar surface area (TPSA) is 52.8 Å². The minimum Gasteiger partial charge on any atom is -0.306 e. The highest BCUT2D eigenvalue weighted by Crippen LogP contribution is 2.54. The van der Waals surface area contributed by atoms with Gasteiger partial charge in [0.15, 0.2) is 0 Å². The lowest BCUT2D eigenvalue weighted by atomic mass is 10.1. The largest absolute Gasteiger partial charge is 0.337 e. The molecule has 5 nitrogen and oxygen atoms in total. The number of nitrogens with zero attached hydrogens (tertiary/aromatic N) is 2. The summed E-state index contributed by atoms with van der Waals surface area (Å²) in [5.41, 5.74) is 3.42. The Balaban J connectivity index is 2.12. The molecule has 2 heterocycles. The van der Waals surface area contributed by atoms with E-state index in [1.54, 1.807) is 0 Å². The van der Waals surface area contributed by atoms with Crippen molar-refractivity contribution in [3.05, 3.63) is 60.4 Å². The molecule has 0 spiro atoms. The SMILES string of the molecule is CC(C)OP(=O)(Cc1c(-c2ccccc2)nc2ccccn12)OC(C)C. The average Bonchev–Trinajstić information content (AvgIpc) is 2.92. The quantitative estimate of drug-likeness (QED) is 0.511. The normalized spacial score (nSPS) is 12.4. The number of fused-ring (bicyclic) bond motifs is 1. The van der Waals surface area contributed by atoms with E-state index in [9.17, 15) is 4.57 Å². The smallest absolute Gasteiger partial charge is 0.306 e. The van der Waals surface area contributed by atoms with Crippen molar-refractivity contribution < 1.29 is 13.6 Å². The van der Waals surface area contributed by atoms with Crippen molar-refractivity contribution in [1.29, 1.82) is 0 Å². The zero-order valence-corrected chi connectivity index (χ0v) is 16.5. The van der Waals surface area contributed by atoms with Gasteiger partial charge >= 0.3 is 7.60 Å². The van der Waals surface area contributed by atoms with Crippen LogP contribution in [0.3, 0.4) is 0 Å². The Labute approximate surface area is 154 Å². The summed E-state index contributed by atoms with van der Waals surface area (Å²) in [7, 11) is -3.33. The van der Waals surface area contributed by atoms with Gasteiger partial charge in [0.2, 0.25) is 0 Å².